The summed E-state index contributed by atoms with van der Waals surface area (Å²) in [7, 11) is 0. The number of hydrogen-bond donors (Lipinski definition) is 2. The van der Waals surface area contributed by atoms with E-state index in [4.69, 9.17) is 14.9 Å². The minimum atomic E-state index is -0.575. The molecule has 0 aromatic rings. The summed E-state index contributed by atoms with van der Waals surface area (Å²) in [6.07, 6.45) is 3.37. The fourth-order valence-corrected chi connectivity index (χ4v) is 2.37. The molecule has 2 unspecified atom stereocenters. The van der Waals surface area contributed by atoms with Crippen LogP contribution in [0.3, 0.4) is 0 Å². The van der Waals surface area contributed by atoms with Crippen molar-refractivity contribution in [2.24, 2.45) is 0 Å². The first-order valence-corrected chi connectivity index (χ1v) is 5.96. The van der Waals surface area contributed by atoms with Crippen molar-refractivity contribution < 1.29 is 14.9 Å². The summed E-state index contributed by atoms with van der Waals surface area (Å²) in [5.41, 5.74) is 0. The Morgan fingerprint density at radius 2 is 2.31 bits per heavy atom. The topological polar surface area (TPSA) is 49.7 Å². The van der Waals surface area contributed by atoms with Gasteiger partial charge in [0.2, 0.25) is 0 Å². The Labute approximate surface area is 83.5 Å². The lowest BCUT2D eigenvalue weighted by atomic mass is 10.1. The highest BCUT2D eigenvalue weighted by molar-refractivity contribution is 7.99. The number of aliphatic hydroxyl groups excluding tert-OH is 2. The van der Waals surface area contributed by atoms with E-state index < -0.39 is 6.10 Å². The molecule has 1 heterocycles. The molecule has 0 radical (unpaired) electrons. The molecule has 4 heteroatoms. The van der Waals surface area contributed by atoms with Gasteiger partial charge in [-0.2, -0.15) is 11.8 Å². The van der Waals surface area contributed by atoms with Gasteiger partial charge in [0.15, 0.2) is 0 Å². The second kappa shape index (κ2) is 6.65. The Hall–Kier alpha value is 0.230. The third kappa shape index (κ3) is 4.86. The molecule has 2 N–H and O–H groups in total. The van der Waals surface area contributed by atoms with E-state index in [2.05, 4.69) is 0 Å². The van der Waals surface area contributed by atoms with Crippen LogP contribution in [0.2, 0.25) is 0 Å². The highest BCUT2D eigenvalue weighted by Crippen LogP contribution is 2.17. The Morgan fingerprint density at radius 1 is 1.46 bits per heavy atom. The fourth-order valence-electron chi connectivity index (χ4n) is 1.33. The van der Waals surface area contributed by atoms with Gasteiger partial charge in [0.25, 0.3) is 0 Å². The van der Waals surface area contributed by atoms with Gasteiger partial charge in [-0.1, -0.05) is 0 Å². The normalized spacial score (nSPS) is 25.8. The number of hydrogen-bond acceptors (Lipinski definition) is 4. The summed E-state index contributed by atoms with van der Waals surface area (Å²) in [5.74, 6) is 1.55. The van der Waals surface area contributed by atoms with Crippen LogP contribution < -0.4 is 0 Å². The minimum Gasteiger partial charge on any atom is -0.394 e. The predicted octanol–water partition coefficient (Wildman–Crippen LogP) is 0.642. The van der Waals surface area contributed by atoms with Gasteiger partial charge in [-0.3, -0.25) is 0 Å². The third-order valence-electron chi connectivity index (χ3n) is 2.10. The van der Waals surface area contributed by atoms with Gasteiger partial charge in [0, 0.05) is 18.1 Å². The van der Waals surface area contributed by atoms with E-state index in [9.17, 15) is 0 Å². The van der Waals surface area contributed by atoms with Crippen molar-refractivity contribution in [2.45, 2.75) is 31.5 Å². The first-order valence-electron chi connectivity index (χ1n) is 4.81. The summed E-state index contributed by atoms with van der Waals surface area (Å²) in [6, 6.07) is 0. The molecule has 1 fully saturated rings. The maximum atomic E-state index is 9.08. The number of aliphatic hydroxyl groups is 2. The van der Waals surface area contributed by atoms with Crippen LogP contribution >= 0.6 is 11.8 Å². The molecule has 13 heavy (non-hydrogen) atoms. The Balaban J connectivity index is 1.98. The van der Waals surface area contributed by atoms with Crippen LogP contribution in [-0.4, -0.2) is 47.1 Å². The lowest BCUT2D eigenvalue weighted by Crippen LogP contribution is -2.23. The van der Waals surface area contributed by atoms with E-state index in [1.54, 1.807) is 11.8 Å². The van der Waals surface area contributed by atoms with Crippen molar-refractivity contribution in [1.29, 1.82) is 0 Å². The molecule has 0 aliphatic carbocycles. The Morgan fingerprint density at radius 3 is 2.92 bits per heavy atom. The number of ether oxygens (including phenoxy) is 1. The summed E-state index contributed by atoms with van der Waals surface area (Å²) in [6.45, 7) is 0.742. The van der Waals surface area contributed by atoms with Crippen molar-refractivity contribution in [3.8, 4) is 0 Å². The minimum absolute atomic E-state index is 0.140. The molecule has 1 rings (SSSR count). The molecule has 0 aromatic carbocycles. The van der Waals surface area contributed by atoms with Crippen LogP contribution in [0, 0.1) is 0 Å². The summed E-state index contributed by atoms with van der Waals surface area (Å²) in [5, 5.41) is 17.7. The van der Waals surface area contributed by atoms with Crippen LogP contribution in [-0.2, 0) is 4.74 Å². The third-order valence-corrected chi connectivity index (χ3v) is 3.33. The average molecular weight is 206 g/mol. The maximum Gasteiger partial charge on any atom is 0.0861 e. The first kappa shape index (κ1) is 11.3. The summed E-state index contributed by atoms with van der Waals surface area (Å²) < 4.78 is 5.53. The second-order valence-corrected chi connectivity index (χ2v) is 4.44. The van der Waals surface area contributed by atoms with Crippen LogP contribution in [0.25, 0.3) is 0 Å². The molecule has 0 amide bonds. The van der Waals surface area contributed by atoms with Crippen LogP contribution in [0.15, 0.2) is 0 Å². The Kier molecular flexibility index (Phi) is 5.78. The maximum absolute atomic E-state index is 9.08. The largest absolute Gasteiger partial charge is 0.394 e. The first-order chi connectivity index (χ1) is 6.33. The lowest BCUT2D eigenvalue weighted by molar-refractivity contribution is 0.0314. The van der Waals surface area contributed by atoms with Crippen molar-refractivity contribution in [2.75, 3.05) is 24.7 Å². The quantitative estimate of drug-likeness (QED) is 0.693. The molecule has 3 nitrogen and oxygen atoms in total. The molecule has 78 valence electrons. The zero-order valence-corrected chi connectivity index (χ0v) is 8.63. The van der Waals surface area contributed by atoms with Gasteiger partial charge < -0.3 is 14.9 Å². The molecule has 0 bridgehead atoms. The predicted molar refractivity (Wildman–Crippen MR) is 54.0 cm³/mol. The van der Waals surface area contributed by atoms with Crippen molar-refractivity contribution >= 4 is 11.8 Å². The average Bonchev–Trinajstić information content (AvgIpc) is 2.19. The second-order valence-electron chi connectivity index (χ2n) is 3.36. The molecule has 0 spiro atoms. The van der Waals surface area contributed by atoms with E-state index in [0.29, 0.717) is 11.9 Å². The number of thioether (sulfide) groups is 1. The van der Waals surface area contributed by atoms with E-state index >= 15 is 0 Å². The SMILES string of the molecule is OCC(O)CSCC1CCCCO1. The molecule has 1 aliphatic rings. The standard InChI is InChI=1S/C9H18O3S/c10-5-8(11)6-13-7-9-3-1-2-4-12-9/h8-11H,1-7H2. The molecular weight excluding hydrogens is 188 g/mol. The van der Waals surface area contributed by atoms with Gasteiger partial charge in [0.1, 0.15) is 0 Å². The summed E-state index contributed by atoms with van der Waals surface area (Å²) >= 11 is 1.66. The van der Waals surface area contributed by atoms with Crippen molar-refractivity contribution in [1.82, 2.24) is 0 Å². The van der Waals surface area contributed by atoms with E-state index in [1.165, 1.54) is 12.8 Å². The van der Waals surface area contributed by atoms with Gasteiger partial charge in [-0.15, -0.1) is 0 Å². The van der Waals surface area contributed by atoms with Gasteiger partial charge >= 0.3 is 0 Å². The molecule has 0 aromatic heterocycles. The number of rotatable bonds is 5. The fraction of sp³-hybridized carbons (Fsp3) is 1.00. The molecule has 2 atom stereocenters. The molecule has 1 aliphatic heterocycles. The lowest BCUT2D eigenvalue weighted by Gasteiger charge is -2.22. The van der Waals surface area contributed by atoms with E-state index in [-0.39, 0.29) is 6.61 Å². The van der Waals surface area contributed by atoms with Crippen LogP contribution in [0.4, 0.5) is 0 Å². The van der Waals surface area contributed by atoms with Gasteiger partial charge in [0.05, 0.1) is 18.8 Å². The van der Waals surface area contributed by atoms with Crippen LogP contribution in [0.1, 0.15) is 19.3 Å². The van der Waals surface area contributed by atoms with Crippen LogP contribution in [0.5, 0.6) is 0 Å². The smallest absolute Gasteiger partial charge is 0.0861 e. The van der Waals surface area contributed by atoms with Gasteiger partial charge in [-0.25, -0.2) is 0 Å². The van der Waals surface area contributed by atoms with Crippen molar-refractivity contribution in [3.05, 3.63) is 0 Å². The molecular formula is C9H18O3S. The molecule has 0 saturated carbocycles. The van der Waals surface area contributed by atoms with E-state index in [0.717, 1.165) is 18.8 Å². The zero-order valence-electron chi connectivity index (χ0n) is 7.82. The highest BCUT2D eigenvalue weighted by atomic mass is 32.2. The van der Waals surface area contributed by atoms with Crippen molar-refractivity contribution in [3.63, 3.8) is 0 Å². The zero-order chi connectivity index (χ0) is 9.52. The molecule has 1 saturated heterocycles. The Bertz CT molecular complexity index is 126. The monoisotopic (exact) mass is 206 g/mol. The highest BCUT2D eigenvalue weighted by Gasteiger charge is 2.14. The van der Waals surface area contributed by atoms with E-state index in [1.807, 2.05) is 0 Å². The summed E-state index contributed by atoms with van der Waals surface area (Å²) in [4.78, 5) is 0. The van der Waals surface area contributed by atoms with Gasteiger partial charge in [-0.05, 0) is 19.3 Å².